The molecular weight excluding hydrogens is 221 g/mol. The van der Waals surface area contributed by atoms with Gasteiger partial charge in [-0.1, -0.05) is 23.2 Å². The van der Waals surface area contributed by atoms with Crippen molar-refractivity contribution in [1.29, 1.82) is 0 Å². The van der Waals surface area contributed by atoms with E-state index in [0.29, 0.717) is 22.4 Å². The molecule has 1 rings (SSSR count). The van der Waals surface area contributed by atoms with Crippen LogP contribution in [0.5, 0.6) is 5.75 Å². The summed E-state index contributed by atoms with van der Waals surface area (Å²) in [6.07, 6.45) is 0. The van der Waals surface area contributed by atoms with Gasteiger partial charge in [0.15, 0.2) is 0 Å². The average molecular weight is 234 g/mol. The molecule has 0 aliphatic rings. The molecule has 0 aliphatic heterocycles. The molecule has 14 heavy (non-hydrogen) atoms. The molecule has 1 aromatic carbocycles. The van der Waals surface area contributed by atoms with Crippen LogP contribution in [0.25, 0.3) is 0 Å². The summed E-state index contributed by atoms with van der Waals surface area (Å²) in [5, 5.41) is 1.12. The summed E-state index contributed by atoms with van der Waals surface area (Å²) in [4.78, 5) is 0. The van der Waals surface area contributed by atoms with E-state index in [-0.39, 0.29) is 5.54 Å². The second kappa shape index (κ2) is 4.39. The third kappa shape index (κ3) is 4.18. The van der Waals surface area contributed by atoms with Gasteiger partial charge in [0, 0.05) is 15.6 Å². The highest BCUT2D eigenvalue weighted by Gasteiger charge is 2.11. The summed E-state index contributed by atoms with van der Waals surface area (Å²) in [7, 11) is 0. The van der Waals surface area contributed by atoms with E-state index < -0.39 is 0 Å². The Morgan fingerprint density at radius 3 is 2.14 bits per heavy atom. The van der Waals surface area contributed by atoms with E-state index in [9.17, 15) is 0 Å². The smallest absolute Gasteiger partial charge is 0.122 e. The molecule has 0 unspecified atom stereocenters. The summed E-state index contributed by atoms with van der Waals surface area (Å²) in [6, 6.07) is 5.07. The van der Waals surface area contributed by atoms with Crippen molar-refractivity contribution in [2.75, 3.05) is 6.61 Å². The van der Waals surface area contributed by atoms with Gasteiger partial charge >= 0.3 is 0 Å². The van der Waals surface area contributed by atoms with Gasteiger partial charge in [-0.3, -0.25) is 0 Å². The molecule has 0 amide bonds. The van der Waals surface area contributed by atoms with E-state index >= 15 is 0 Å². The SMILES string of the molecule is CC(C)(N)COc1cc(Cl)cc(Cl)c1. The lowest BCUT2D eigenvalue weighted by molar-refractivity contribution is 0.243. The minimum atomic E-state index is -0.366. The molecule has 4 heteroatoms. The fourth-order valence-corrected chi connectivity index (χ4v) is 1.39. The van der Waals surface area contributed by atoms with Crippen molar-refractivity contribution in [3.05, 3.63) is 28.2 Å². The van der Waals surface area contributed by atoms with Crippen LogP contribution in [0.15, 0.2) is 18.2 Å². The number of nitrogens with two attached hydrogens (primary N) is 1. The lowest BCUT2D eigenvalue weighted by Gasteiger charge is -2.19. The molecule has 0 atom stereocenters. The molecular formula is C10H13Cl2NO. The minimum Gasteiger partial charge on any atom is -0.492 e. The van der Waals surface area contributed by atoms with E-state index in [1.165, 1.54) is 0 Å². The number of hydrogen-bond donors (Lipinski definition) is 1. The van der Waals surface area contributed by atoms with Gasteiger partial charge in [0.25, 0.3) is 0 Å². The Morgan fingerprint density at radius 2 is 1.71 bits per heavy atom. The van der Waals surface area contributed by atoms with Gasteiger partial charge in [0.05, 0.1) is 0 Å². The van der Waals surface area contributed by atoms with Gasteiger partial charge < -0.3 is 10.5 Å². The van der Waals surface area contributed by atoms with Gasteiger partial charge in [0.2, 0.25) is 0 Å². The van der Waals surface area contributed by atoms with Crippen molar-refractivity contribution in [2.24, 2.45) is 5.73 Å². The number of halogens is 2. The number of hydrogen-bond acceptors (Lipinski definition) is 2. The first-order chi connectivity index (χ1) is 6.37. The van der Waals surface area contributed by atoms with E-state index in [2.05, 4.69) is 0 Å². The fraction of sp³-hybridized carbons (Fsp3) is 0.400. The third-order valence-electron chi connectivity index (χ3n) is 1.45. The summed E-state index contributed by atoms with van der Waals surface area (Å²) in [5.74, 6) is 0.640. The van der Waals surface area contributed by atoms with E-state index in [1.807, 2.05) is 13.8 Å². The Hall–Kier alpha value is -0.440. The lowest BCUT2D eigenvalue weighted by atomic mass is 10.1. The van der Waals surface area contributed by atoms with Crippen molar-refractivity contribution in [1.82, 2.24) is 0 Å². The van der Waals surface area contributed by atoms with Crippen LogP contribution in [0.1, 0.15) is 13.8 Å². The molecule has 0 saturated carbocycles. The van der Waals surface area contributed by atoms with Gasteiger partial charge in [-0.2, -0.15) is 0 Å². The highest BCUT2D eigenvalue weighted by molar-refractivity contribution is 6.34. The Morgan fingerprint density at radius 1 is 1.21 bits per heavy atom. The normalized spacial score (nSPS) is 11.5. The molecule has 0 saturated heterocycles. The predicted octanol–water partition coefficient (Wildman–Crippen LogP) is 3.11. The van der Waals surface area contributed by atoms with Crippen molar-refractivity contribution in [3.63, 3.8) is 0 Å². The first-order valence-electron chi connectivity index (χ1n) is 4.25. The zero-order chi connectivity index (χ0) is 10.8. The maximum absolute atomic E-state index is 5.80. The second-order valence-corrected chi connectivity index (χ2v) is 4.76. The topological polar surface area (TPSA) is 35.2 Å². The Labute approximate surface area is 94.0 Å². The quantitative estimate of drug-likeness (QED) is 0.871. The molecule has 78 valence electrons. The molecule has 0 heterocycles. The van der Waals surface area contributed by atoms with Gasteiger partial charge in [-0.25, -0.2) is 0 Å². The number of ether oxygens (including phenoxy) is 1. The van der Waals surface area contributed by atoms with Crippen LogP contribution in [0, 0.1) is 0 Å². The zero-order valence-corrected chi connectivity index (χ0v) is 9.69. The summed E-state index contributed by atoms with van der Waals surface area (Å²) in [6.45, 7) is 4.20. The molecule has 0 fully saturated rings. The lowest BCUT2D eigenvalue weighted by Crippen LogP contribution is -2.38. The Bertz CT molecular complexity index is 300. The molecule has 2 N–H and O–H groups in total. The van der Waals surface area contributed by atoms with Crippen LogP contribution in [0.4, 0.5) is 0 Å². The average Bonchev–Trinajstić information content (AvgIpc) is 1.97. The largest absolute Gasteiger partial charge is 0.492 e. The van der Waals surface area contributed by atoms with Crippen LogP contribution >= 0.6 is 23.2 Å². The van der Waals surface area contributed by atoms with Crippen molar-refractivity contribution in [2.45, 2.75) is 19.4 Å². The minimum absolute atomic E-state index is 0.366. The maximum atomic E-state index is 5.80. The van der Waals surface area contributed by atoms with E-state index in [1.54, 1.807) is 18.2 Å². The molecule has 0 aromatic heterocycles. The van der Waals surface area contributed by atoms with Crippen LogP contribution in [-0.2, 0) is 0 Å². The van der Waals surface area contributed by atoms with Crippen LogP contribution in [0.3, 0.4) is 0 Å². The number of rotatable bonds is 3. The van der Waals surface area contributed by atoms with Gasteiger partial charge in [-0.05, 0) is 32.0 Å². The van der Waals surface area contributed by atoms with Crippen molar-refractivity contribution in [3.8, 4) is 5.75 Å². The molecule has 0 aliphatic carbocycles. The van der Waals surface area contributed by atoms with Gasteiger partial charge in [0.1, 0.15) is 12.4 Å². The molecule has 0 radical (unpaired) electrons. The standard InChI is InChI=1S/C10H13Cl2NO/c1-10(2,13)6-14-9-4-7(11)3-8(12)5-9/h3-5H,6,13H2,1-2H3. The molecule has 0 spiro atoms. The fourth-order valence-electron chi connectivity index (χ4n) is 0.881. The molecule has 2 nitrogen and oxygen atoms in total. The number of benzene rings is 1. The Balaban J connectivity index is 2.68. The van der Waals surface area contributed by atoms with Gasteiger partial charge in [-0.15, -0.1) is 0 Å². The van der Waals surface area contributed by atoms with Crippen LogP contribution in [-0.4, -0.2) is 12.1 Å². The van der Waals surface area contributed by atoms with E-state index in [0.717, 1.165) is 0 Å². The highest BCUT2D eigenvalue weighted by Crippen LogP contribution is 2.24. The monoisotopic (exact) mass is 233 g/mol. The first-order valence-corrected chi connectivity index (χ1v) is 5.00. The molecule has 1 aromatic rings. The third-order valence-corrected chi connectivity index (χ3v) is 1.88. The first kappa shape index (κ1) is 11.6. The summed E-state index contributed by atoms with van der Waals surface area (Å²) < 4.78 is 5.44. The predicted molar refractivity (Wildman–Crippen MR) is 60.2 cm³/mol. The highest BCUT2D eigenvalue weighted by atomic mass is 35.5. The van der Waals surface area contributed by atoms with Crippen molar-refractivity contribution >= 4 is 23.2 Å². The van der Waals surface area contributed by atoms with Crippen LogP contribution < -0.4 is 10.5 Å². The second-order valence-electron chi connectivity index (χ2n) is 3.88. The molecule has 0 bridgehead atoms. The zero-order valence-electron chi connectivity index (χ0n) is 8.18. The Kier molecular flexibility index (Phi) is 3.65. The van der Waals surface area contributed by atoms with E-state index in [4.69, 9.17) is 33.7 Å². The summed E-state index contributed by atoms with van der Waals surface area (Å²) in [5.41, 5.74) is 5.40. The maximum Gasteiger partial charge on any atom is 0.122 e. The van der Waals surface area contributed by atoms with Crippen molar-refractivity contribution < 1.29 is 4.74 Å². The summed E-state index contributed by atoms with van der Waals surface area (Å²) >= 11 is 11.6. The van der Waals surface area contributed by atoms with Crippen LogP contribution in [0.2, 0.25) is 10.0 Å².